The summed E-state index contributed by atoms with van der Waals surface area (Å²) >= 11 is 4.56. The molecule has 0 radical (unpaired) electrons. The molecule has 0 bridgehead atoms. The standard InChI is InChI=1S/C10H10BrN5OS/c11-7-2-1-3-8(4-7)14-9(17)5-18-10-15-13-6-16(10)12/h1-4,6H,5,12H2,(H,14,17). The summed E-state index contributed by atoms with van der Waals surface area (Å²) in [6.45, 7) is 0. The van der Waals surface area contributed by atoms with E-state index in [1.807, 2.05) is 24.3 Å². The third kappa shape index (κ3) is 3.47. The molecule has 0 spiro atoms. The average molecular weight is 328 g/mol. The number of amides is 1. The Morgan fingerprint density at radius 1 is 1.56 bits per heavy atom. The van der Waals surface area contributed by atoms with Gasteiger partial charge in [0.05, 0.1) is 5.75 Å². The summed E-state index contributed by atoms with van der Waals surface area (Å²) in [7, 11) is 0. The van der Waals surface area contributed by atoms with Crippen molar-refractivity contribution in [3.63, 3.8) is 0 Å². The Kier molecular flexibility index (Phi) is 4.21. The molecule has 0 saturated heterocycles. The molecule has 94 valence electrons. The van der Waals surface area contributed by atoms with Crippen LogP contribution in [0.3, 0.4) is 0 Å². The quantitative estimate of drug-likeness (QED) is 0.656. The van der Waals surface area contributed by atoms with Gasteiger partial charge in [-0.2, -0.15) is 0 Å². The SMILES string of the molecule is Nn1cnnc1SCC(=O)Nc1cccc(Br)c1. The number of nitrogens with two attached hydrogens (primary N) is 1. The molecule has 1 aromatic heterocycles. The lowest BCUT2D eigenvalue weighted by Crippen LogP contribution is -2.15. The lowest BCUT2D eigenvalue weighted by atomic mass is 10.3. The highest BCUT2D eigenvalue weighted by atomic mass is 79.9. The molecule has 0 unspecified atom stereocenters. The molecule has 1 amide bonds. The fourth-order valence-electron chi connectivity index (χ4n) is 1.23. The maximum Gasteiger partial charge on any atom is 0.234 e. The number of aromatic nitrogens is 3. The van der Waals surface area contributed by atoms with Crippen LogP contribution < -0.4 is 11.2 Å². The van der Waals surface area contributed by atoms with E-state index in [-0.39, 0.29) is 11.7 Å². The Labute approximate surface area is 116 Å². The third-order valence-corrected chi connectivity index (χ3v) is 3.43. The second-order valence-corrected chi connectivity index (χ2v) is 5.23. The minimum absolute atomic E-state index is 0.124. The molecule has 1 heterocycles. The first-order valence-electron chi connectivity index (χ1n) is 4.98. The van der Waals surface area contributed by atoms with Crippen molar-refractivity contribution < 1.29 is 4.79 Å². The zero-order valence-electron chi connectivity index (χ0n) is 9.21. The number of thioether (sulfide) groups is 1. The van der Waals surface area contributed by atoms with E-state index in [0.29, 0.717) is 5.16 Å². The molecular formula is C10H10BrN5OS. The van der Waals surface area contributed by atoms with E-state index in [0.717, 1.165) is 10.2 Å². The maximum atomic E-state index is 11.7. The van der Waals surface area contributed by atoms with Crippen LogP contribution in [0.2, 0.25) is 0 Å². The summed E-state index contributed by atoms with van der Waals surface area (Å²) in [5.74, 6) is 5.63. The number of carbonyl (C=O) groups excluding carboxylic acids is 1. The predicted molar refractivity (Wildman–Crippen MR) is 73.7 cm³/mol. The highest BCUT2D eigenvalue weighted by Crippen LogP contribution is 2.17. The summed E-state index contributed by atoms with van der Waals surface area (Å²) in [5, 5.41) is 10.7. The molecule has 0 aliphatic rings. The van der Waals surface area contributed by atoms with E-state index in [9.17, 15) is 4.79 Å². The maximum absolute atomic E-state index is 11.7. The van der Waals surface area contributed by atoms with E-state index < -0.39 is 0 Å². The smallest absolute Gasteiger partial charge is 0.234 e. The summed E-state index contributed by atoms with van der Waals surface area (Å²) in [4.78, 5) is 11.7. The highest BCUT2D eigenvalue weighted by Gasteiger charge is 2.07. The van der Waals surface area contributed by atoms with Gasteiger partial charge in [0.1, 0.15) is 6.33 Å². The van der Waals surface area contributed by atoms with Gasteiger partial charge in [-0.1, -0.05) is 33.8 Å². The monoisotopic (exact) mass is 327 g/mol. The number of nitrogens with zero attached hydrogens (tertiary/aromatic N) is 3. The van der Waals surface area contributed by atoms with Crippen molar-refractivity contribution in [3.05, 3.63) is 35.1 Å². The number of hydrogen-bond acceptors (Lipinski definition) is 5. The number of nitrogens with one attached hydrogen (secondary N) is 1. The van der Waals surface area contributed by atoms with Crippen molar-refractivity contribution in [2.24, 2.45) is 0 Å². The fraction of sp³-hybridized carbons (Fsp3) is 0.100. The van der Waals surface area contributed by atoms with Crippen LogP contribution in [0.25, 0.3) is 0 Å². The Morgan fingerprint density at radius 3 is 3.06 bits per heavy atom. The van der Waals surface area contributed by atoms with Gasteiger partial charge in [0, 0.05) is 10.2 Å². The molecule has 8 heteroatoms. The molecule has 0 saturated carbocycles. The second-order valence-electron chi connectivity index (χ2n) is 3.37. The second kappa shape index (κ2) is 5.87. The lowest BCUT2D eigenvalue weighted by molar-refractivity contribution is -0.113. The number of nitrogen functional groups attached to an aromatic ring is 1. The van der Waals surface area contributed by atoms with Crippen LogP contribution >= 0.6 is 27.7 Å². The van der Waals surface area contributed by atoms with Gasteiger partial charge in [-0.05, 0) is 18.2 Å². The van der Waals surface area contributed by atoms with Gasteiger partial charge in [-0.3, -0.25) is 4.79 Å². The van der Waals surface area contributed by atoms with Crippen molar-refractivity contribution in [3.8, 4) is 0 Å². The van der Waals surface area contributed by atoms with Crippen LogP contribution in [-0.4, -0.2) is 26.5 Å². The van der Waals surface area contributed by atoms with Crippen molar-refractivity contribution in [1.29, 1.82) is 0 Å². The average Bonchev–Trinajstić information content (AvgIpc) is 2.72. The van der Waals surface area contributed by atoms with E-state index in [2.05, 4.69) is 31.4 Å². The van der Waals surface area contributed by atoms with Crippen molar-refractivity contribution >= 4 is 39.3 Å². The van der Waals surface area contributed by atoms with Crippen LogP contribution in [0.1, 0.15) is 0 Å². The molecule has 1 aromatic carbocycles. The molecule has 3 N–H and O–H groups in total. The molecule has 2 aromatic rings. The largest absolute Gasteiger partial charge is 0.336 e. The number of hydrogen-bond donors (Lipinski definition) is 2. The fourth-order valence-corrected chi connectivity index (χ4v) is 2.26. The minimum atomic E-state index is -0.124. The number of rotatable bonds is 4. The summed E-state index contributed by atoms with van der Waals surface area (Å²) in [6, 6.07) is 7.39. The van der Waals surface area contributed by atoms with Crippen LogP contribution in [0, 0.1) is 0 Å². The molecule has 0 atom stereocenters. The number of carbonyl (C=O) groups is 1. The van der Waals surface area contributed by atoms with E-state index in [1.165, 1.54) is 22.8 Å². The van der Waals surface area contributed by atoms with Gasteiger partial charge in [0.2, 0.25) is 11.1 Å². The van der Waals surface area contributed by atoms with Gasteiger partial charge in [-0.15, -0.1) is 10.2 Å². The molecule has 6 nitrogen and oxygen atoms in total. The summed E-state index contributed by atoms with van der Waals surface area (Å²) < 4.78 is 2.19. The van der Waals surface area contributed by atoms with Crippen molar-refractivity contribution in [1.82, 2.24) is 14.9 Å². The first-order valence-corrected chi connectivity index (χ1v) is 6.76. The van der Waals surface area contributed by atoms with Gasteiger partial charge in [0.25, 0.3) is 0 Å². The highest BCUT2D eigenvalue weighted by molar-refractivity contribution is 9.10. The van der Waals surface area contributed by atoms with Gasteiger partial charge < -0.3 is 11.2 Å². The van der Waals surface area contributed by atoms with E-state index in [1.54, 1.807) is 0 Å². The van der Waals surface area contributed by atoms with Crippen LogP contribution in [0.5, 0.6) is 0 Å². The molecule has 18 heavy (non-hydrogen) atoms. The molecule has 2 rings (SSSR count). The first-order chi connectivity index (χ1) is 8.65. The van der Waals surface area contributed by atoms with Crippen LogP contribution in [0.15, 0.2) is 40.2 Å². The minimum Gasteiger partial charge on any atom is -0.336 e. The van der Waals surface area contributed by atoms with Gasteiger partial charge in [0.15, 0.2) is 0 Å². The third-order valence-electron chi connectivity index (χ3n) is 1.98. The zero-order chi connectivity index (χ0) is 13.0. The normalized spacial score (nSPS) is 10.3. The van der Waals surface area contributed by atoms with E-state index >= 15 is 0 Å². The Bertz CT molecular complexity index is 559. The van der Waals surface area contributed by atoms with Gasteiger partial charge >= 0.3 is 0 Å². The van der Waals surface area contributed by atoms with Crippen LogP contribution in [-0.2, 0) is 4.79 Å². The van der Waals surface area contributed by atoms with Gasteiger partial charge in [-0.25, -0.2) is 4.68 Å². The molecule has 0 aliphatic carbocycles. The molecular weight excluding hydrogens is 318 g/mol. The Hall–Kier alpha value is -1.54. The number of benzene rings is 1. The zero-order valence-corrected chi connectivity index (χ0v) is 11.6. The number of halogens is 1. The van der Waals surface area contributed by atoms with Crippen LogP contribution in [0.4, 0.5) is 5.69 Å². The Morgan fingerprint density at radius 2 is 2.39 bits per heavy atom. The summed E-state index contributed by atoms with van der Waals surface area (Å²) in [5.41, 5.74) is 0.740. The lowest BCUT2D eigenvalue weighted by Gasteiger charge is -2.04. The van der Waals surface area contributed by atoms with E-state index in [4.69, 9.17) is 5.84 Å². The predicted octanol–water partition coefficient (Wildman–Crippen LogP) is 1.49. The summed E-state index contributed by atoms with van der Waals surface area (Å²) in [6.07, 6.45) is 1.38. The van der Waals surface area contributed by atoms with Crippen molar-refractivity contribution in [2.45, 2.75) is 5.16 Å². The first kappa shape index (κ1) is 12.9. The topological polar surface area (TPSA) is 85.8 Å². The molecule has 0 fully saturated rings. The van der Waals surface area contributed by atoms with Crippen molar-refractivity contribution in [2.75, 3.05) is 16.9 Å². The Balaban J connectivity index is 1.88. The number of anilines is 1. The molecule has 0 aliphatic heterocycles.